The maximum Gasteiger partial charge on any atom is 0.255 e. The number of nitrogens with one attached hydrogen (secondary N) is 1. The van der Waals surface area contributed by atoms with Gasteiger partial charge in [-0.3, -0.25) is 4.79 Å². The molecule has 4 aromatic rings. The zero-order valence-electron chi connectivity index (χ0n) is 13.8. The molecular weight excluding hydrogens is 332 g/mol. The van der Waals surface area contributed by atoms with E-state index in [2.05, 4.69) is 31.2 Å². The highest BCUT2D eigenvalue weighted by Gasteiger charge is 2.09. The fourth-order valence-electron chi connectivity index (χ4n) is 2.58. The number of hydrogen-bond acceptors (Lipinski definition) is 6. The molecule has 1 N–H and O–H groups in total. The van der Waals surface area contributed by atoms with Gasteiger partial charge in [0.05, 0.1) is 23.8 Å². The van der Waals surface area contributed by atoms with Crippen molar-refractivity contribution in [2.45, 2.75) is 6.92 Å². The highest BCUT2D eigenvalue weighted by atomic mass is 16.1. The molecule has 4 rings (SSSR count). The second kappa shape index (κ2) is 6.55. The van der Waals surface area contributed by atoms with Gasteiger partial charge in [-0.15, -0.1) is 10.2 Å². The molecule has 128 valence electrons. The Bertz CT molecular complexity index is 1020. The van der Waals surface area contributed by atoms with E-state index in [1.165, 1.54) is 6.33 Å². The van der Waals surface area contributed by atoms with Crippen molar-refractivity contribution < 1.29 is 4.79 Å². The summed E-state index contributed by atoms with van der Waals surface area (Å²) in [4.78, 5) is 12.5. The molecule has 0 aliphatic heterocycles. The van der Waals surface area contributed by atoms with Gasteiger partial charge < -0.3 is 5.32 Å². The van der Waals surface area contributed by atoms with Crippen LogP contribution in [-0.2, 0) is 0 Å². The van der Waals surface area contributed by atoms with Gasteiger partial charge in [0.2, 0.25) is 0 Å². The summed E-state index contributed by atoms with van der Waals surface area (Å²) in [6, 6.07) is 12.7. The van der Waals surface area contributed by atoms with Crippen LogP contribution >= 0.6 is 0 Å². The highest BCUT2D eigenvalue weighted by molar-refractivity contribution is 6.04. The van der Waals surface area contributed by atoms with Crippen molar-refractivity contribution in [1.82, 2.24) is 35.2 Å². The summed E-state index contributed by atoms with van der Waals surface area (Å²) in [7, 11) is 0. The first-order chi connectivity index (χ1) is 12.7. The van der Waals surface area contributed by atoms with Crippen LogP contribution in [0.2, 0.25) is 0 Å². The summed E-state index contributed by atoms with van der Waals surface area (Å²) in [5, 5.41) is 21.7. The van der Waals surface area contributed by atoms with Crippen molar-refractivity contribution in [3.8, 4) is 11.4 Å². The molecule has 0 radical (unpaired) electrons. The second-order valence-corrected chi connectivity index (χ2v) is 5.60. The third-order valence-electron chi connectivity index (χ3n) is 3.87. The van der Waals surface area contributed by atoms with E-state index in [1.807, 2.05) is 37.3 Å². The molecule has 0 unspecified atom stereocenters. The molecule has 2 aromatic heterocycles. The van der Waals surface area contributed by atoms with Crippen molar-refractivity contribution in [1.29, 1.82) is 0 Å². The molecule has 0 saturated carbocycles. The van der Waals surface area contributed by atoms with Crippen LogP contribution in [0, 0.1) is 6.92 Å². The summed E-state index contributed by atoms with van der Waals surface area (Å²) >= 11 is 0. The molecule has 1 amide bonds. The topological polar surface area (TPSA) is 103 Å². The summed E-state index contributed by atoms with van der Waals surface area (Å²) in [5.74, 6) is -0.190. The molecule has 0 bridgehead atoms. The van der Waals surface area contributed by atoms with Crippen LogP contribution in [0.25, 0.3) is 11.4 Å². The monoisotopic (exact) mass is 346 g/mol. The number of hydrogen-bond donors (Lipinski definition) is 1. The van der Waals surface area contributed by atoms with Crippen LogP contribution in [0.4, 0.5) is 5.69 Å². The second-order valence-electron chi connectivity index (χ2n) is 5.60. The average Bonchev–Trinajstić information content (AvgIpc) is 3.36. The highest BCUT2D eigenvalue weighted by Crippen LogP contribution is 2.19. The van der Waals surface area contributed by atoms with Crippen LogP contribution in [0.3, 0.4) is 0 Å². The number of rotatable bonds is 4. The first kappa shape index (κ1) is 15.6. The van der Waals surface area contributed by atoms with E-state index >= 15 is 0 Å². The lowest BCUT2D eigenvalue weighted by atomic mass is 10.1. The van der Waals surface area contributed by atoms with Crippen molar-refractivity contribution in [3.05, 3.63) is 72.3 Å². The normalized spacial score (nSPS) is 10.7. The molecule has 9 heteroatoms. The number of carbonyl (C=O) groups is 1. The maximum absolute atomic E-state index is 12.5. The minimum absolute atomic E-state index is 0.190. The molecule has 0 atom stereocenters. The van der Waals surface area contributed by atoms with E-state index in [9.17, 15) is 4.79 Å². The van der Waals surface area contributed by atoms with Gasteiger partial charge in [0.15, 0.2) is 0 Å². The molecule has 26 heavy (non-hydrogen) atoms. The predicted molar refractivity (Wildman–Crippen MR) is 93.2 cm³/mol. The summed E-state index contributed by atoms with van der Waals surface area (Å²) in [6.45, 7) is 1.93. The Balaban J connectivity index is 1.50. The lowest BCUT2D eigenvalue weighted by Crippen LogP contribution is -2.12. The summed E-state index contributed by atoms with van der Waals surface area (Å²) in [6.07, 6.45) is 4.86. The van der Waals surface area contributed by atoms with E-state index < -0.39 is 0 Å². The van der Waals surface area contributed by atoms with Gasteiger partial charge in [-0.2, -0.15) is 0 Å². The van der Waals surface area contributed by atoms with Crippen LogP contribution in [0.5, 0.6) is 0 Å². The van der Waals surface area contributed by atoms with Gasteiger partial charge in [-0.05, 0) is 65.4 Å². The lowest BCUT2D eigenvalue weighted by Gasteiger charge is -2.09. The third kappa shape index (κ3) is 3.05. The quantitative estimate of drug-likeness (QED) is 0.604. The summed E-state index contributed by atoms with van der Waals surface area (Å²) in [5.41, 5.74) is 3.88. The SMILES string of the molecule is Cc1cc(NC(=O)c2ccc(-n3ccnn3)cc2)ccc1-n1cnnn1. The molecule has 2 heterocycles. The molecular formula is C17H14N8O. The van der Waals surface area contributed by atoms with Crippen molar-refractivity contribution in [3.63, 3.8) is 0 Å². The van der Waals surface area contributed by atoms with Crippen LogP contribution in [-0.4, -0.2) is 41.1 Å². The maximum atomic E-state index is 12.5. The predicted octanol–water partition coefficient (Wildman–Crippen LogP) is 1.80. The largest absolute Gasteiger partial charge is 0.322 e. The Kier molecular flexibility index (Phi) is 3.94. The smallest absolute Gasteiger partial charge is 0.255 e. The number of aryl methyl sites for hydroxylation is 1. The molecule has 0 aliphatic carbocycles. The Morgan fingerprint density at radius 3 is 2.50 bits per heavy atom. The van der Waals surface area contributed by atoms with E-state index in [0.717, 1.165) is 16.9 Å². The molecule has 2 aromatic carbocycles. The number of amides is 1. The lowest BCUT2D eigenvalue weighted by molar-refractivity contribution is 0.102. The van der Waals surface area contributed by atoms with Gasteiger partial charge in [0.25, 0.3) is 5.91 Å². The number of tetrazole rings is 1. The molecule has 0 saturated heterocycles. The molecule has 0 spiro atoms. The number of aromatic nitrogens is 7. The van der Waals surface area contributed by atoms with Crippen molar-refractivity contribution in [2.75, 3.05) is 5.32 Å². The van der Waals surface area contributed by atoms with Crippen molar-refractivity contribution >= 4 is 11.6 Å². The minimum atomic E-state index is -0.190. The van der Waals surface area contributed by atoms with E-state index in [0.29, 0.717) is 11.3 Å². The number of nitrogens with zero attached hydrogens (tertiary/aromatic N) is 7. The average molecular weight is 346 g/mol. The van der Waals surface area contributed by atoms with E-state index in [-0.39, 0.29) is 5.91 Å². The standard InChI is InChI=1S/C17H14N8O/c1-12-10-14(4-7-16(12)25-11-19-21-23-25)20-17(26)13-2-5-15(6-3-13)24-9-8-18-22-24/h2-11H,1H3,(H,20,26). The Hall–Kier alpha value is -3.88. The Morgan fingerprint density at radius 2 is 1.85 bits per heavy atom. The summed E-state index contributed by atoms with van der Waals surface area (Å²) < 4.78 is 3.20. The van der Waals surface area contributed by atoms with Gasteiger partial charge in [0.1, 0.15) is 6.33 Å². The van der Waals surface area contributed by atoms with E-state index in [4.69, 9.17) is 0 Å². The fraction of sp³-hybridized carbons (Fsp3) is 0.0588. The molecule has 0 aliphatic rings. The third-order valence-corrected chi connectivity index (χ3v) is 3.87. The first-order valence-corrected chi connectivity index (χ1v) is 7.83. The van der Waals surface area contributed by atoms with Crippen molar-refractivity contribution in [2.24, 2.45) is 0 Å². The minimum Gasteiger partial charge on any atom is -0.322 e. The fourth-order valence-corrected chi connectivity index (χ4v) is 2.58. The zero-order chi connectivity index (χ0) is 17.9. The number of carbonyl (C=O) groups excluding carboxylic acids is 1. The first-order valence-electron chi connectivity index (χ1n) is 7.83. The Labute approximate surface area is 148 Å². The Morgan fingerprint density at radius 1 is 1.00 bits per heavy atom. The van der Waals surface area contributed by atoms with Gasteiger partial charge in [0, 0.05) is 11.3 Å². The zero-order valence-corrected chi connectivity index (χ0v) is 13.8. The van der Waals surface area contributed by atoms with Gasteiger partial charge >= 0.3 is 0 Å². The molecule has 0 fully saturated rings. The van der Waals surface area contributed by atoms with Gasteiger partial charge in [-0.1, -0.05) is 5.21 Å². The number of anilines is 1. The van der Waals surface area contributed by atoms with Gasteiger partial charge in [-0.25, -0.2) is 9.36 Å². The van der Waals surface area contributed by atoms with E-state index in [1.54, 1.807) is 33.9 Å². The van der Waals surface area contributed by atoms with Crippen LogP contribution in [0.1, 0.15) is 15.9 Å². The van der Waals surface area contributed by atoms with Crippen LogP contribution < -0.4 is 5.32 Å². The van der Waals surface area contributed by atoms with Crippen LogP contribution in [0.15, 0.2) is 61.2 Å². The number of benzene rings is 2. The molecule has 9 nitrogen and oxygen atoms in total.